The van der Waals surface area contributed by atoms with E-state index in [4.69, 9.17) is 19.2 Å². The lowest BCUT2D eigenvalue weighted by atomic mass is 10.1. The largest absolute Gasteiger partial charge is 0.493 e. The van der Waals surface area contributed by atoms with Crippen molar-refractivity contribution in [2.45, 2.75) is 26.3 Å². The molecular weight excluding hydrogens is 376 g/mol. The second-order valence-corrected chi connectivity index (χ2v) is 7.96. The molecule has 3 aromatic rings. The van der Waals surface area contributed by atoms with E-state index in [1.807, 2.05) is 18.2 Å². The lowest BCUT2D eigenvalue weighted by Crippen LogP contribution is -2.19. The average molecular weight is 396 g/mol. The summed E-state index contributed by atoms with van der Waals surface area (Å²) in [6, 6.07) is 5.86. The van der Waals surface area contributed by atoms with Gasteiger partial charge >= 0.3 is 0 Å². The first kappa shape index (κ1) is 17.3. The van der Waals surface area contributed by atoms with Crippen LogP contribution in [0.3, 0.4) is 0 Å². The predicted octanol–water partition coefficient (Wildman–Crippen LogP) is 3.74. The van der Waals surface area contributed by atoms with Gasteiger partial charge in [-0.15, -0.1) is 11.3 Å². The molecular formula is C21H20N2O4S. The lowest BCUT2D eigenvalue weighted by molar-refractivity contribution is 0.165. The Hall–Kier alpha value is -2.80. The highest BCUT2D eigenvalue weighted by Gasteiger charge is 2.23. The van der Waals surface area contributed by atoms with Gasteiger partial charge in [0.05, 0.1) is 12.5 Å². The van der Waals surface area contributed by atoms with Crippen molar-refractivity contribution < 1.29 is 14.2 Å². The van der Waals surface area contributed by atoms with Crippen LogP contribution >= 0.6 is 11.3 Å². The molecule has 6 nitrogen and oxygen atoms in total. The SMILES string of the molecule is CCc1cc2c(=O)n3c(nc2s1)/C(=C\c1cc(OC)c2c(c1)OCCO2)CC3. The van der Waals surface area contributed by atoms with Crippen LogP contribution in [0.5, 0.6) is 17.2 Å². The van der Waals surface area contributed by atoms with Crippen LogP contribution < -0.4 is 19.8 Å². The van der Waals surface area contributed by atoms with Gasteiger partial charge in [-0.2, -0.15) is 0 Å². The summed E-state index contributed by atoms with van der Waals surface area (Å²) in [5.74, 6) is 2.73. The molecule has 0 bridgehead atoms. The number of benzene rings is 1. The third-order valence-electron chi connectivity index (χ3n) is 5.13. The minimum absolute atomic E-state index is 0.0547. The summed E-state index contributed by atoms with van der Waals surface area (Å²) in [5.41, 5.74) is 2.04. The van der Waals surface area contributed by atoms with E-state index in [1.165, 1.54) is 4.88 Å². The first-order chi connectivity index (χ1) is 13.7. The van der Waals surface area contributed by atoms with Crippen LogP contribution in [0, 0.1) is 0 Å². The predicted molar refractivity (Wildman–Crippen MR) is 110 cm³/mol. The molecule has 1 aromatic carbocycles. The Morgan fingerprint density at radius 1 is 1.29 bits per heavy atom. The van der Waals surface area contributed by atoms with Crippen LogP contribution in [0.1, 0.15) is 29.6 Å². The van der Waals surface area contributed by atoms with Crippen molar-refractivity contribution in [3.63, 3.8) is 0 Å². The third kappa shape index (κ3) is 2.69. The average Bonchev–Trinajstić information content (AvgIpc) is 3.32. The van der Waals surface area contributed by atoms with Crippen LogP contribution in [0.4, 0.5) is 0 Å². The van der Waals surface area contributed by atoms with E-state index >= 15 is 0 Å². The molecule has 0 aliphatic carbocycles. The Balaban J connectivity index is 1.62. The summed E-state index contributed by atoms with van der Waals surface area (Å²) in [7, 11) is 1.62. The minimum Gasteiger partial charge on any atom is -0.493 e. The van der Waals surface area contributed by atoms with Gasteiger partial charge in [-0.3, -0.25) is 9.36 Å². The number of aryl methyl sites for hydroxylation is 1. The molecule has 0 unspecified atom stereocenters. The Kier molecular flexibility index (Phi) is 4.12. The number of fused-ring (bicyclic) bond motifs is 3. The normalized spacial score (nSPS) is 16.6. The Labute approximate surface area is 166 Å². The van der Waals surface area contributed by atoms with Crippen molar-refractivity contribution in [1.82, 2.24) is 9.55 Å². The fourth-order valence-corrected chi connectivity index (χ4v) is 4.71. The van der Waals surface area contributed by atoms with Gasteiger partial charge in [-0.25, -0.2) is 4.98 Å². The summed E-state index contributed by atoms with van der Waals surface area (Å²) in [5, 5.41) is 0.729. The van der Waals surface area contributed by atoms with Crippen LogP contribution in [0.15, 0.2) is 23.0 Å². The zero-order valence-electron chi connectivity index (χ0n) is 15.8. The van der Waals surface area contributed by atoms with Gasteiger partial charge < -0.3 is 14.2 Å². The van der Waals surface area contributed by atoms with Crippen molar-refractivity contribution in [1.29, 1.82) is 0 Å². The molecule has 0 radical (unpaired) electrons. The maximum atomic E-state index is 12.9. The Morgan fingerprint density at radius 3 is 2.96 bits per heavy atom. The van der Waals surface area contributed by atoms with Gasteiger partial charge in [0.15, 0.2) is 11.5 Å². The molecule has 0 fully saturated rings. The van der Waals surface area contributed by atoms with E-state index in [0.717, 1.165) is 40.0 Å². The molecule has 2 aliphatic heterocycles. The van der Waals surface area contributed by atoms with Crippen LogP contribution in [-0.2, 0) is 13.0 Å². The second-order valence-electron chi connectivity index (χ2n) is 6.84. The van der Waals surface area contributed by atoms with Crippen LogP contribution in [0.2, 0.25) is 0 Å². The fourth-order valence-electron chi connectivity index (χ4n) is 3.75. The number of aromatic nitrogens is 2. The molecule has 144 valence electrons. The van der Waals surface area contributed by atoms with E-state index in [9.17, 15) is 4.79 Å². The van der Waals surface area contributed by atoms with E-state index in [0.29, 0.717) is 37.0 Å². The van der Waals surface area contributed by atoms with Crippen LogP contribution in [0.25, 0.3) is 21.9 Å². The number of hydrogen-bond donors (Lipinski definition) is 0. The van der Waals surface area contributed by atoms with Gasteiger partial charge in [0.25, 0.3) is 5.56 Å². The van der Waals surface area contributed by atoms with E-state index < -0.39 is 0 Å². The maximum Gasteiger partial charge on any atom is 0.262 e. The molecule has 0 amide bonds. The topological polar surface area (TPSA) is 62.6 Å². The van der Waals surface area contributed by atoms with Gasteiger partial charge in [0, 0.05) is 11.4 Å². The van der Waals surface area contributed by atoms with Crippen LogP contribution in [-0.4, -0.2) is 29.9 Å². The minimum atomic E-state index is 0.0547. The van der Waals surface area contributed by atoms with E-state index in [2.05, 4.69) is 13.0 Å². The molecule has 4 heterocycles. The summed E-state index contributed by atoms with van der Waals surface area (Å²) in [4.78, 5) is 19.7. The van der Waals surface area contributed by atoms with Crippen molar-refractivity contribution in [3.8, 4) is 17.2 Å². The molecule has 2 aromatic heterocycles. The second kappa shape index (κ2) is 6.67. The molecule has 0 spiro atoms. The smallest absolute Gasteiger partial charge is 0.262 e. The summed E-state index contributed by atoms with van der Waals surface area (Å²) in [6.07, 6.45) is 3.75. The Morgan fingerprint density at radius 2 is 2.14 bits per heavy atom. The zero-order valence-corrected chi connectivity index (χ0v) is 16.6. The molecule has 0 N–H and O–H groups in total. The lowest BCUT2D eigenvalue weighted by Gasteiger charge is -2.21. The first-order valence-corrected chi connectivity index (χ1v) is 10.2. The number of allylic oxidation sites excluding steroid dienone is 1. The first-order valence-electron chi connectivity index (χ1n) is 9.39. The van der Waals surface area contributed by atoms with Gasteiger partial charge in [0.1, 0.15) is 23.9 Å². The molecule has 2 aliphatic rings. The molecule has 0 saturated carbocycles. The Bertz CT molecular complexity index is 1160. The summed E-state index contributed by atoms with van der Waals surface area (Å²) in [6.45, 7) is 3.78. The summed E-state index contributed by atoms with van der Waals surface area (Å²) < 4.78 is 18.7. The van der Waals surface area contributed by atoms with E-state index in [-0.39, 0.29) is 5.56 Å². The molecule has 0 saturated heterocycles. The van der Waals surface area contributed by atoms with Crippen molar-refractivity contribution >= 4 is 33.2 Å². The van der Waals surface area contributed by atoms with Crippen molar-refractivity contribution in [2.24, 2.45) is 0 Å². The van der Waals surface area contributed by atoms with Crippen molar-refractivity contribution in [2.75, 3.05) is 20.3 Å². The molecule has 5 rings (SSSR count). The van der Waals surface area contributed by atoms with Gasteiger partial charge in [-0.1, -0.05) is 6.92 Å². The number of nitrogens with zero attached hydrogens (tertiary/aromatic N) is 2. The zero-order chi connectivity index (χ0) is 19.3. The highest BCUT2D eigenvalue weighted by Crippen LogP contribution is 2.41. The number of hydrogen-bond acceptors (Lipinski definition) is 6. The van der Waals surface area contributed by atoms with Gasteiger partial charge in [-0.05, 0) is 48.3 Å². The molecule has 28 heavy (non-hydrogen) atoms. The summed E-state index contributed by atoms with van der Waals surface area (Å²) >= 11 is 1.60. The number of methoxy groups -OCH3 is 1. The maximum absolute atomic E-state index is 12.9. The van der Waals surface area contributed by atoms with E-state index in [1.54, 1.807) is 23.0 Å². The monoisotopic (exact) mass is 396 g/mol. The molecule has 7 heteroatoms. The number of thiophene rings is 1. The van der Waals surface area contributed by atoms with Gasteiger partial charge in [0.2, 0.25) is 5.75 Å². The third-order valence-corrected chi connectivity index (χ3v) is 6.31. The van der Waals surface area contributed by atoms with Crippen molar-refractivity contribution in [3.05, 3.63) is 44.8 Å². The number of rotatable bonds is 3. The standard InChI is InChI=1S/C21H20N2O4S/c1-3-14-11-15-20(28-14)22-19-13(4-5-23(19)21(15)24)8-12-9-16(25-2)18-17(10-12)26-6-7-27-18/h8-11H,3-7H2,1-2H3/b13-8-. The molecule has 0 atom stereocenters. The highest BCUT2D eigenvalue weighted by atomic mass is 32.1. The quantitative estimate of drug-likeness (QED) is 0.675. The number of ether oxygens (including phenoxy) is 3. The fraction of sp³-hybridized carbons (Fsp3) is 0.333. The highest BCUT2D eigenvalue weighted by molar-refractivity contribution is 7.18.